The molecule has 1 amide bonds. The van der Waals surface area contributed by atoms with Gasteiger partial charge in [0.15, 0.2) is 0 Å². The number of benzene rings is 1. The largest absolute Gasteiger partial charge is 0.493 e. The molecule has 6 heteroatoms. The molecule has 4 aromatic rings. The Balaban J connectivity index is 1.83. The van der Waals surface area contributed by atoms with E-state index < -0.39 is 0 Å². The summed E-state index contributed by atoms with van der Waals surface area (Å²) in [6.07, 6.45) is 7.00. The smallest absolute Gasteiger partial charge is 0.252 e. The summed E-state index contributed by atoms with van der Waals surface area (Å²) in [4.78, 5) is 23.9. The van der Waals surface area contributed by atoms with Crippen LogP contribution in [0.2, 0.25) is 0 Å². The summed E-state index contributed by atoms with van der Waals surface area (Å²) in [5.74, 6) is 0.663. The first-order valence-electron chi connectivity index (χ1n) is 9.08. The van der Waals surface area contributed by atoms with Crippen LogP contribution in [-0.2, 0) is 0 Å². The van der Waals surface area contributed by atoms with E-state index in [0.717, 1.165) is 39.0 Å². The number of rotatable bonds is 5. The van der Waals surface area contributed by atoms with Gasteiger partial charge in [0.05, 0.1) is 12.2 Å². The molecule has 0 saturated carbocycles. The van der Waals surface area contributed by atoms with Gasteiger partial charge in [0.1, 0.15) is 11.4 Å². The maximum absolute atomic E-state index is 11.9. The van der Waals surface area contributed by atoms with Crippen LogP contribution in [0.4, 0.5) is 0 Å². The minimum absolute atomic E-state index is 0.170. The molecule has 4 rings (SSSR count). The highest BCUT2D eigenvalue weighted by Gasteiger charge is 2.13. The Morgan fingerprint density at radius 1 is 1.11 bits per heavy atom. The predicted octanol–water partition coefficient (Wildman–Crippen LogP) is 4.05. The van der Waals surface area contributed by atoms with E-state index in [0.29, 0.717) is 12.2 Å². The molecule has 0 fully saturated rings. The van der Waals surface area contributed by atoms with Crippen LogP contribution in [0.1, 0.15) is 17.3 Å². The topological polar surface area (TPSA) is 79.9 Å². The second-order valence-corrected chi connectivity index (χ2v) is 6.29. The fraction of sp³-hybridized carbons (Fsp3) is 0.136. The molecule has 140 valence electrons. The van der Waals surface area contributed by atoms with Crippen LogP contribution >= 0.6 is 0 Å². The molecule has 1 aromatic carbocycles. The number of carbonyl (C=O) groups excluding carboxylic acids is 1. The SMILES string of the molecule is CCOc1ccccc1-c1c[nH]c2ncc(-c3cncc(C(=O)NC)c3)cc12. The van der Waals surface area contributed by atoms with E-state index in [4.69, 9.17) is 4.74 Å². The first kappa shape index (κ1) is 17.7. The lowest BCUT2D eigenvalue weighted by molar-refractivity contribution is 0.0963. The lowest BCUT2D eigenvalue weighted by Gasteiger charge is -2.09. The quantitative estimate of drug-likeness (QED) is 0.554. The van der Waals surface area contributed by atoms with Gasteiger partial charge in [-0.25, -0.2) is 4.98 Å². The fourth-order valence-corrected chi connectivity index (χ4v) is 3.22. The van der Waals surface area contributed by atoms with Gasteiger partial charge in [-0.1, -0.05) is 18.2 Å². The van der Waals surface area contributed by atoms with Crippen molar-refractivity contribution in [2.75, 3.05) is 13.7 Å². The Morgan fingerprint density at radius 3 is 2.75 bits per heavy atom. The number of hydrogen-bond donors (Lipinski definition) is 2. The van der Waals surface area contributed by atoms with Crippen molar-refractivity contribution < 1.29 is 9.53 Å². The molecule has 0 aliphatic carbocycles. The molecule has 6 nitrogen and oxygen atoms in total. The number of amides is 1. The zero-order chi connectivity index (χ0) is 19.5. The number of para-hydroxylation sites is 1. The second-order valence-electron chi connectivity index (χ2n) is 6.29. The van der Waals surface area contributed by atoms with Crippen molar-refractivity contribution in [2.24, 2.45) is 0 Å². The normalized spacial score (nSPS) is 10.8. The van der Waals surface area contributed by atoms with Crippen LogP contribution < -0.4 is 10.1 Å². The van der Waals surface area contributed by atoms with Crippen molar-refractivity contribution in [1.29, 1.82) is 0 Å². The summed E-state index contributed by atoms with van der Waals surface area (Å²) in [6.45, 7) is 2.57. The maximum atomic E-state index is 11.9. The number of aromatic amines is 1. The number of fused-ring (bicyclic) bond motifs is 1. The fourth-order valence-electron chi connectivity index (χ4n) is 3.22. The molecule has 0 unspecified atom stereocenters. The van der Waals surface area contributed by atoms with Gasteiger partial charge in [0, 0.05) is 59.5 Å². The number of nitrogens with zero attached hydrogens (tertiary/aromatic N) is 2. The van der Waals surface area contributed by atoms with Crippen molar-refractivity contribution in [1.82, 2.24) is 20.3 Å². The number of pyridine rings is 2. The number of aromatic nitrogens is 3. The van der Waals surface area contributed by atoms with Crippen LogP contribution in [-0.4, -0.2) is 34.5 Å². The van der Waals surface area contributed by atoms with E-state index in [2.05, 4.69) is 26.3 Å². The van der Waals surface area contributed by atoms with Gasteiger partial charge in [-0.15, -0.1) is 0 Å². The first-order valence-corrected chi connectivity index (χ1v) is 9.08. The zero-order valence-electron chi connectivity index (χ0n) is 15.7. The van der Waals surface area contributed by atoms with Gasteiger partial charge in [-0.3, -0.25) is 9.78 Å². The number of hydrogen-bond acceptors (Lipinski definition) is 4. The highest BCUT2D eigenvalue weighted by molar-refractivity contribution is 5.98. The number of nitrogens with one attached hydrogen (secondary N) is 2. The van der Waals surface area contributed by atoms with Crippen LogP contribution in [0.3, 0.4) is 0 Å². The molecule has 3 aromatic heterocycles. The summed E-state index contributed by atoms with van der Waals surface area (Å²) in [7, 11) is 1.60. The monoisotopic (exact) mass is 372 g/mol. The van der Waals surface area contributed by atoms with Crippen LogP contribution in [0.25, 0.3) is 33.3 Å². The zero-order valence-corrected chi connectivity index (χ0v) is 15.7. The van der Waals surface area contributed by atoms with Gasteiger partial charge in [-0.05, 0) is 25.1 Å². The minimum atomic E-state index is -0.170. The van der Waals surface area contributed by atoms with E-state index >= 15 is 0 Å². The highest BCUT2D eigenvalue weighted by Crippen LogP contribution is 2.36. The Labute approximate surface area is 162 Å². The Kier molecular flexibility index (Phi) is 4.76. The molecule has 0 aliphatic heterocycles. The molecule has 3 heterocycles. The van der Waals surface area contributed by atoms with Gasteiger partial charge in [0.25, 0.3) is 5.91 Å². The molecule has 0 saturated heterocycles. The van der Waals surface area contributed by atoms with Gasteiger partial charge in [-0.2, -0.15) is 0 Å². The molecular formula is C22H20N4O2. The summed E-state index contributed by atoms with van der Waals surface area (Å²) in [6, 6.07) is 11.8. The summed E-state index contributed by atoms with van der Waals surface area (Å²) >= 11 is 0. The minimum Gasteiger partial charge on any atom is -0.493 e. The third-order valence-corrected chi connectivity index (χ3v) is 4.57. The molecule has 0 radical (unpaired) electrons. The van der Waals surface area contributed by atoms with Gasteiger partial charge in [0.2, 0.25) is 0 Å². The number of H-pyrrole nitrogens is 1. The van der Waals surface area contributed by atoms with E-state index in [-0.39, 0.29) is 5.91 Å². The molecular weight excluding hydrogens is 352 g/mol. The summed E-state index contributed by atoms with van der Waals surface area (Å²) < 4.78 is 5.79. The number of ether oxygens (including phenoxy) is 1. The highest BCUT2D eigenvalue weighted by atomic mass is 16.5. The average Bonchev–Trinajstić information content (AvgIpc) is 3.17. The lowest BCUT2D eigenvalue weighted by atomic mass is 10.0. The van der Waals surface area contributed by atoms with Crippen LogP contribution in [0.15, 0.2) is 61.2 Å². The summed E-state index contributed by atoms with van der Waals surface area (Å²) in [5.41, 5.74) is 5.05. The van der Waals surface area contributed by atoms with Crippen LogP contribution in [0.5, 0.6) is 5.75 Å². The molecule has 0 aliphatic rings. The number of carbonyl (C=O) groups is 1. The molecule has 0 spiro atoms. The van der Waals surface area contributed by atoms with Crippen molar-refractivity contribution in [3.8, 4) is 28.0 Å². The van der Waals surface area contributed by atoms with Crippen molar-refractivity contribution in [2.45, 2.75) is 6.92 Å². The Hall–Kier alpha value is -3.67. The molecule has 0 atom stereocenters. The van der Waals surface area contributed by atoms with Crippen molar-refractivity contribution in [3.63, 3.8) is 0 Å². The van der Waals surface area contributed by atoms with E-state index in [9.17, 15) is 4.79 Å². The first-order chi connectivity index (χ1) is 13.7. The Bertz CT molecular complexity index is 1150. The maximum Gasteiger partial charge on any atom is 0.252 e. The van der Waals surface area contributed by atoms with Crippen LogP contribution in [0, 0.1) is 0 Å². The van der Waals surface area contributed by atoms with E-state index in [1.165, 1.54) is 0 Å². The van der Waals surface area contributed by atoms with Gasteiger partial charge < -0.3 is 15.0 Å². The lowest BCUT2D eigenvalue weighted by Crippen LogP contribution is -2.17. The van der Waals surface area contributed by atoms with Crippen molar-refractivity contribution in [3.05, 3.63) is 66.7 Å². The molecule has 28 heavy (non-hydrogen) atoms. The average molecular weight is 372 g/mol. The third-order valence-electron chi connectivity index (χ3n) is 4.57. The standard InChI is InChI=1S/C22H20N4O2/c1-3-28-20-7-5-4-6-17(20)19-13-26-21-18(19)9-15(12-25-21)14-8-16(11-24-10-14)22(27)23-2/h4-13H,3H2,1-2H3,(H,23,27)(H,25,26). The molecule has 0 bridgehead atoms. The Morgan fingerprint density at radius 2 is 1.93 bits per heavy atom. The van der Waals surface area contributed by atoms with Crippen molar-refractivity contribution >= 4 is 16.9 Å². The van der Waals surface area contributed by atoms with E-state index in [1.807, 2.05) is 43.5 Å². The van der Waals surface area contributed by atoms with Gasteiger partial charge >= 0.3 is 0 Å². The predicted molar refractivity (Wildman–Crippen MR) is 109 cm³/mol. The second kappa shape index (κ2) is 7.52. The summed E-state index contributed by atoms with van der Waals surface area (Å²) in [5, 5.41) is 3.60. The van der Waals surface area contributed by atoms with E-state index in [1.54, 1.807) is 25.6 Å². The third kappa shape index (κ3) is 3.20. The molecule has 2 N–H and O–H groups in total.